The third-order valence-corrected chi connectivity index (χ3v) is 6.18. The first-order chi connectivity index (χ1) is 16.0. The maximum atomic E-state index is 9.48. The van der Waals surface area contributed by atoms with Gasteiger partial charge in [0.25, 0.3) is 0 Å². The fourth-order valence-electron chi connectivity index (χ4n) is 3.11. The van der Waals surface area contributed by atoms with Gasteiger partial charge in [0.2, 0.25) is 0 Å². The maximum Gasteiger partial charge on any atom is 0.172 e. The van der Waals surface area contributed by atoms with Crippen LogP contribution in [0.4, 0.5) is 0 Å². The summed E-state index contributed by atoms with van der Waals surface area (Å²) in [6.45, 7) is -1.05. The van der Waals surface area contributed by atoms with Gasteiger partial charge in [0.1, 0.15) is 42.7 Å². The lowest BCUT2D eigenvalue weighted by Crippen LogP contribution is -2.56. The van der Waals surface area contributed by atoms with Crippen molar-refractivity contribution in [2.24, 2.45) is 0 Å². The zero-order valence-corrected chi connectivity index (χ0v) is 20.0. The van der Waals surface area contributed by atoms with E-state index in [9.17, 15) is 10.2 Å². The van der Waals surface area contributed by atoms with Gasteiger partial charge in [-0.3, -0.25) is 0 Å². The minimum absolute atomic E-state index is 0.0162. The number of hydrogen-bond donors (Lipinski definition) is 10. The van der Waals surface area contributed by atoms with Crippen LogP contribution in [-0.2, 0) is 18.9 Å². The first kappa shape index (κ1) is 31.5. The largest absolute Gasteiger partial charge is 0.493 e. The third-order valence-electron chi connectivity index (χ3n) is 5.21. The summed E-state index contributed by atoms with van der Waals surface area (Å²) < 4.78 is 19.5. The minimum atomic E-state index is -1.11. The number of aliphatic hydroxyl groups excluding tert-OH is 10. The monoisotopic (exact) mass is 566 g/mol. The van der Waals surface area contributed by atoms with E-state index in [-0.39, 0.29) is 19.6 Å². The summed E-state index contributed by atoms with van der Waals surface area (Å²) in [5, 5.41) is 89.9. The summed E-state index contributed by atoms with van der Waals surface area (Å²) >= 11 is 3.14. The minimum Gasteiger partial charge on any atom is -0.493 e. The predicted octanol–water partition coefficient (Wildman–Crippen LogP) is -4.74. The highest BCUT2D eigenvalue weighted by molar-refractivity contribution is 9.09. The number of alkyl halides is 1. The zero-order chi connectivity index (χ0) is 26.0. The fraction of sp³-hybridized carbons (Fsp3) is 0.895. The molecule has 202 valence electrons. The summed E-state index contributed by atoms with van der Waals surface area (Å²) in [6, 6.07) is 0. The summed E-state index contributed by atoms with van der Waals surface area (Å²) in [5.41, 5.74) is 0. The Bertz CT molecular complexity index is 565. The molecule has 12 atom stereocenters. The first-order valence-electron chi connectivity index (χ1n) is 10.4. The molecule has 0 bridgehead atoms. The van der Waals surface area contributed by atoms with E-state index in [0.29, 0.717) is 0 Å². The Morgan fingerprint density at radius 1 is 0.794 bits per heavy atom. The van der Waals surface area contributed by atoms with Crippen molar-refractivity contribution < 1.29 is 70.0 Å². The van der Waals surface area contributed by atoms with Crippen LogP contribution >= 0.6 is 15.9 Å². The molecule has 2 saturated heterocycles. The van der Waals surface area contributed by atoms with Gasteiger partial charge in [0, 0.05) is 13.5 Å². The molecule has 0 radical (unpaired) electrons. The molecule has 0 amide bonds. The number of aliphatic hydroxyl groups is 10. The normalized spacial score (nSPS) is 44.1. The Balaban J connectivity index is 0.000000257. The zero-order valence-electron chi connectivity index (χ0n) is 18.4. The van der Waals surface area contributed by atoms with Crippen molar-refractivity contribution in [3.8, 4) is 0 Å². The van der Waals surface area contributed by atoms with E-state index in [0.717, 1.165) is 0 Å². The van der Waals surface area contributed by atoms with E-state index < -0.39 is 78.9 Å². The lowest BCUT2D eigenvalue weighted by atomic mass is 10.0. The molecule has 0 aromatic carbocycles. The van der Waals surface area contributed by atoms with Gasteiger partial charge in [-0.15, -0.1) is 0 Å². The van der Waals surface area contributed by atoms with Crippen LogP contribution in [0.3, 0.4) is 0 Å². The lowest BCUT2D eigenvalue weighted by molar-refractivity contribution is -0.243. The van der Waals surface area contributed by atoms with Crippen molar-refractivity contribution in [3.63, 3.8) is 0 Å². The summed E-state index contributed by atoms with van der Waals surface area (Å²) in [5.74, 6) is 0. The molecule has 14 nitrogen and oxygen atoms in total. The van der Waals surface area contributed by atoms with Crippen LogP contribution in [0.5, 0.6) is 0 Å². The molecule has 2 fully saturated rings. The molecule has 15 heteroatoms. The topological polar surface area (TPSA) is 239 Å². The first-order valence-corrected chi connectivity index (χ1v) is 11.3. The molecule has 3 aliphatic heterocycles. The van der Waals surface area contributed by atoms with Gasteiger partial charge in [0.15, 0.2) is 12.6 Å². The standard InChI is InChI=1S/C7H13BrO5.C6H12O5.C6H10O4/c1-12-7-4(8)6(11)5(10)3(2-9)13-7;7-2-4-6(10)3(8)1-5(9)11-4;7-3-5-6(9)4(8)1-2-10-5/h3-7,9-11H,2H2,1H3;3-10H,1-2H2;1-2,4-9H,3H2/t3-,4?,5-,6-,7?;3-,4-,5?,6+;4-,5-,6+/m111/s1. The van der Waals surface area contributed by atoms with Gasteiger partial charge in [-0.25, -0.2) is 0 Å². The van der Waals surface area contributed by atoms with E-state index in [1.807, 2.05) is 0 Å². The molecule has 0 spiro atoms. The third kappa shape index (κ3) is 8.86. The molecular formula is C19H35BrO14. The molecular weight excluding hydrogens is 532 g/mol. The van der Waals surface area contributed by atoms with Crippen LogP contribution in [0.15, 0.2) is 12.3 Å². The SMILES string of the molecule is COC1O[C@H](CO)[C@@H](O)[C@H](O)C1Br.OC[C@H]1OC(O)C[C@@H](O)[C@@H]1O.OC[C@H]1OC=C[C@@H](O)[C@@H]1O. The Hall–Kier alpha value is -0.500. The van der Waals surface area contributed by atoms with E-state index in [1.54, 1.807) is 0 Å². The second kappa shape index (κ2) is 15.6. The van der Waals surface area contributed by atoms with Crippen LogP contribution < -0.4 is 0 Å². The van der Waals surface area contributed by atoms with E-state index >= 15 is 0 Å². The van der Waals surface area contributed by atoms with Crippen molar-refractivity contribution in [1.29, 1.82) is 0 Å². The van der Waals surface area contributed by atoms with Crippen LogP contribution in [0.25, 0.3) is 0 Å². The number of methoxy groups -OCH3 is 1. The average molecular weight is 567 g/mol. The quantitative estimate of drug-likeness (QED) is 0.144. The second-order valence-corrected chi connectivity index (χ2v) is 8.72. The smallest absolute Gasteiger partial charge is 0.172 e. The molecule has 3 aliphatic rings. The highest BCUT2D eigenvalue weighted by Crippen LogP contribution is 2.26. The van der Waals surface area contributed by atoms with E-state index in [2.05, 4.69) is 15.9 Å². The molecule has 3 rings (SSSR count). The fourth-order valence-corrected chi connectivity index (χ4v) is 3.76. The summed E-state index contributed by atoms with van der Waals surface area (Å²) in [7, 11) is 1.43. The molecule has 34 heavy (non-hydrogen) atoms. The van der Waals surface area contributed by atoms with Crippen LogP contribution in [-0.4, -0.2) is 150 Å². The molecule has 3 heterocycles. The van der Waals surface area contributed by atoms with Crippen LogP contribution in [0.2, 0.25) is 0 Å². The predicted molar refractivity (Wildman–Crippen MR) is 115 cm³/mol. The summed E-state index contributed by atoms with van der Waals surface area (Å²) in [4.78, 5) is -0.490. The van der Waals surface area contributed by atoms with Gasteiger partial charge in [-0.1, -0.05) is 15.9 Å². The van der Waals surface area contributed by atoms with Gasteiger partial charge >= 0.3 is 0 Å². The van der Waals surface area contributed by atoms with E-state index in [1.165, 1.54) is 19.4 Å². The van der Waals surface area contributed by atoms with E-state index in [4.69, 9.17) is 59.8 Å². The Labute approximate surface area is 204 Å². The molecule has 0 aliphatic carbocycles. The van der Waals surface area contributed by atoms with Crippen molar-refractivity contribution in [2.45, 2.75) is 78.8 Å². The Morgan fingerprint density at radius 3 is 1.85 bits per heavy atom. The van der Waals surface area contributed by atoms with Crippen molar-refractivity contribution in [3.05, 3.63) is 12.3 Å². The van der Waals surface area contributed by atoms with Gasteiger partial charge in [-0.05, 0) is 6.08 Å². The van der Waals surface area contributed by atoms with Crippen LogP contribution in [0.1, 0.15) is 6.42 Å². The highest BCUT2D eigenvalue weighted by atomic mass is 79.9. The number of ether oxygens (including phenoxy) is 4. The van der Waals surface area contributed by atoms with Gasteiger partial charge < -0.3 is 70.0 Å². The number of halogens is 1. The number of hydrogen-bond acceptors (Lipinski definition) is 14. The molecule has 0 saturated carbocycles. The van der Waals surface area contributed by atoms with Crippen molar-refractivity contribution in [1.82, 2.24) is 0 Å². The van der Waals surface area contributed by atoms with Gasteiger partial charge in [0.05, 0.1) is 43.1 Å². The Kier molecular flexibility index (Phi) is 14.4. The number of rotatable bonds is 4. The van der Waals surface area contributed by atoms with Crippen molar-refractivity contribution >= 4 is 15.9 Å². The highest BCUT2D eigenvalue weighted by Gasteiger charge is 2.43. The second-order valence-electron chi connectivity index (χ2n) is 7.66. The summed E-state index contributed by atoms with van der Waals surface area (Å²) in [6.07, 6.45) is -7.70. The Morgan fingerprint density at radius 2 is 1.35 bits per heavy atom. The molecule has 0 aromatic rings. The maximum absolute atomic E-state index is 9.48. The van der Waals surface area contributed by atoms with Crippen molar-refractivity contribution in [2.75, 3.05) is 26.9 Å². The van der Waals surface area contributed by atoms with Crippen LogP contribution in [0, 0.1) is 0 Å². The molecule has 10 N–H and O–H groups in total. The molecule has 0 aromatic heterocycles. The lowest BCUT2D eigenvalue weighted by Gasteiger charge is -2.39. The van der Waals surface area contributed by atoms with Gasteiger partial charge in [-0.2, -0.15) is 0 Å². The average Bonchev–Trinajstić information content (AvgIpc) is 2.82. The molecule has 3 unspecified atom stereocenters.